The van der Waals surface area contributed by atoms with E-state index < -0.39 is 5.60 Å². The van der Waals surface area contributed by atoms with Gasteiger partial charge in [0.2, 0.25) is 0 Å². The largest absolute Gasteiger partial charge is 0.388 e. The number of piperidine rings is 1. The van der Waals surface area contributed by atoms with Gasteiger partial charge in [0.05, 0.1) is 11.3 Å². The normalized spacial score (nSPS) is 22.4. The Bertz CT molecular complexity index is 783. The average Bonchev–Trinajstić information content (AvgIpc) is 3.05. The first kappa shape index (κ1) is 18.8. The highest BCUT2D eigenvalue weighted by molar-refractivity contribution is 5.37. The molecule has 2 saturated heterocycles. The zero-order valence-corrected chi connectivity index (χ0v) is 16.7. The molecule has 4 rings (SSSR count). The van der Waals surface area contributed by atoms with Gasteiger partial charge >= 0.3 is 0 Å². The number of aromatic nitrogens is 4. The van der Waals surface area contributed by atoms with Crippen molar-refractivity contribution in [3.63, 3.8) is 0 Å². The molecule has 2 fully saturated rings. The highest BCUT2D eigenvalue weighted by Crippen LogP contribution is 2.30. The first-order chi connectivity index (χ1) is 12.8. The summed E-state index contributed by atoms with van der Waals surface area (Å²) in [5, 5.41) is 24.4. The Hall–Kier alpha value is -1.57. The lowest BCUT2D eigenvalue weighted by atomic mass is 9.90. The van der Waals surface area contributed by atoms with E-state index in [1.807, 2.05) is 16.6 Å². The van der Waals surface area contributed by atoms with E-state index in [2.05, 4.69) is 35.9 Å². The summed E-state index contributed by atoms with van der Waals surface area (Å²) in [6.07, 6.45) is 3.52. The Kier molecular flexibility index (Phi) is 4.94. The number of nitrogens with zero attached hydrogens (tertiary/aromatic N) is 5. The van der Waals surface area contributed by atoms with Crippen LogP contribution in [-0.2, 0) is 10.2 Å². The van der Waals surface area contributed by atoms with Crippen molar-refractivity contribution >= 4 is 5.65 Å². The Balaban J connectivity index is 1.45. The number of fused-ring (bicyclic) bond motifs is 1. The number of hydrogen-bond acceptors (Lipinski definition) is 6. The molecule has 7 nitrogen and oxygen atoms in total. The first-order valence-corrected chi connectivity index (χ1v) is 10.1. The maximum absolute atomic E-state index is 10.8. The van der Waals surface area contributed by atoms with Crippen molar-refractivity contribution in [2.24, 2.45) is 0 Å². The van der Waals surface area contributed by atoms with Gasteiger partial charge in [0.1, 0.15) is 0 Å². The summed E-state index contributed by atoms with van der Waals surface area (Å²) in [6.45, 7) is 10.5. The number of aliphatic hydroxyl groups is 1. The van der Waals surface area contributed by atoms with Gasteiger partial charge in [0, 0.05) is 43.9 Å². The third kappa shape index (κ3) is 4.00. The van der Waals surface area contributed by atoms with Crippen LogP contribution in [0, 0.1) is 0 Å². The average molecular weight is 374 g/mol. The fourth-order valence-corrected chi connectivity index (χ4v) is 4.14. The van der Waals surface area contributed by atoms with Gasteiger partial charge in [-0.25, -0.2) is 0 Å². The third-order valence-corrected chi connectivity index (χ3v) is 5.95. The molecule has 2 aliphatic heterocycles. The van der Waals surface area contributed by atoms with E-state index in [4.69, 9.17) is 9.84 Å². The zero-order chi connectivity index (χ0) is 19.1. The van der Waals surface area contributed by atoms with Gasteiger partial charge in [-0.05, 0) is 38.1 Å². The Morgan fingerprint density at radius 2 is 1.85 bits per heavy atom. The molecule has 4 heterocycles. The minimum atomic E-state index is -0.587. The molecule has 0 spiro atoms. The number of hydrogen-bond donors (Lipinski definition) is 1. The molecule has 2 aliphatic rings. The second-order valence-corrected chi connectivity index (χ2v) is 9.18. The van der Waals surface area contributed by atoms with Gasteiger partial charge < -0.3 is 14.7 Å². The fourth-order valence-electron chi connectivity index (χ4n) is 4.14. The molecule has 0 saturated carbocycles. The third-order valence-electron chi connectivity index (χ3n) is 5.95. The predicted molar refractivity (Wildman–Crippen MR) is 103 cm³/mol. The fraction of sp³-hybridized carbons (Fsp3) is 0.750. The summed E-state index contributed by atoms with van der Waals surface area (Å²) < 4.78 is 7.33. The lowest BCUT2D eigenvalue weighted by Crippen LogP contribution is -2.48. The minimum absolute atomic E-state index is 0.00174. The molecule has 0 amide bonds. The molecule has 2 aromatic heterocycles. The molecule has 2 aromatic rings. The van der Waals surface area contributed by atoms with E-state index in [1.54, 1.807) is 0 Å². The topological polar surface area (TPSA) is 75.8 Å². The lowest BCUT2D eigenvalue weighted by Gasteiger charge is -2.39. The maximum Gasteiger partial charge on any atom is 0.177 e. The molecule has 0 aliphatic carbocycles. The van der Waals surface area contributed by atoms with E-state index in [1.165, 1.54) is 0 Å². The molecular weight excluding hydrogens is 342 g/mol. The van der Waals surface area contributed by atoms with Crippen LogP contribution in [0.15, 0.2) is 12.1 Å². The minimum Gasteiger partial charge on any atom is -0.388 e. The second-order valence-electron chi connectivity index (χ2n) is 9.18. The van der Waals surface area contributed by atoms with Crippen LogP contribution >= 0.6 is 0 Å². The van der Waals surface area contributed by atoms with Crippen molar-refractivity contribution in [2.75, 3.05) is 32.8 Å². The summed E-state index contributed by atoms with van der Waals surface area (Å²) in [5.41, 5.74) is 1.28. The van der Waals surface area contributed by atoms with E-state index in [9.17, 15) is 5.11 Å². The summed E-state index contributed by atoms with van der Waals surface area (Å²) >= 11 is 0. The van der Waals surface area contributed by atoms with Gasteiger partial charge in [0.25, 0.3) is 0 Å². The smallest absolute Gasteiger partial charge is 0.177 e. The molecule has 0 bridgehead atoms. The summed E-state index contributed by atoms with van der Waals surface area (Å²) in [7, 11) is 0. The van der Waals surface area contributed by atoms with Crippen LogP contribution in [-0.4, -0.2) is 68.3 Å². The predicted octanol–water partition coefficient (Wildman–Crippen LogP) is 2.14. The molecule has 7 heteroatoms. The summed E-state index contributed by atoms with van der Waals surface area (Å²) in [6, 6.07) is 4.06. The number of likely N-dealkylation sites (tertiary alicyclic amines) is 1. The van der Waals surface area contributed by atoms with E-state index in [-0.39, 0.29) is 5.41 Å². The number of rotatable bonds is 3. The van der Waals surface area contributed by atoms with Crippen LogP contribution in [0.2, 0.25) is 0 Å². The van der Waals surface area contributed by atoms with Crippen LogP contribution in [0.4, 0.5) is 0 Å². The second kappa shape index (κ2) is 7.11. The van der Waals surface area contributed by atoms with E-state index >= 15 is 0 Å². The van der Waals surface area contributed by atoms with Gasteiger partial charge in [-0.2, -0.15) is 9.61 Å². The maximum atomic E-state index is 10.8. The van der Waals surface area contributed by atoms with Crippen LogP contribution in [0.5, 0.6) is 0 Å². The van der Waals surface area contributed by atoms with Crippen molar-refractivity contribution < 1.29 is 9.84 Å². The Labute approximate surface area is 160 Å². The quantitative estimate of drug-likeness (QED) is 0.888. The molecule has 1 N–H and O–H groups in total. The van der Waals surface area contributed by atoms with E-state index in [0.717, 1.165) is 62.5 Å². The highest BCUT2D eigenvalue weighted by atomic mass is 16.5. The van der Waals surface area contributed by atoms with Gasteiger partial charge in [0.15, 0.2) is 11.5 Å². The van der Waals surface area contributed by atoms with E-state index in [0.29, 0.717) is 19.1 Å². The molecule has 0 aromatic carbocycles. The molecule has 148 valence electrons. The van der Waals surface area contributed by atoms with Crippen LogP contribution < -0.4 is 0 Å². The Morgan fingerprint density at radius 3 is 2.52 bits per heavy atom. The highest BCUT2D eigenvalue weighted by Gasteiger charge is 2.34. The standard InChI is InChI=1S/C20H31N5O2/c1-19(2,3)16-4-5-17-21-22-18(25(17)23-16)15-6-10-24(11-7-15)14-20(26)8-12-27-13-9-20/h4-5,15,26H,6-14H2,1-3H3. The van der Waals surface area contributed by atoms with Crippen molar-refractivity contribution in [2.45, 2.75) is 63.4 Å². The molecule has 0 radical (unpaired) electrons. The lowest BCUT2D eigenvalue weighted by molar-refractivity contribution is -0.0821. The van der Waals surface area contributed by atoms with Crippen LogP contribution in [0.3, 0.4) is 0 Å². The number of ether oxygens (including phenoxy) is 1. The SMILES string of the molecule is CC(C)(C)c1ccc2nnc(C3CCN(CC4(O)CCOCC4)CC3)n2n1. The van der Waals surface area contributed by atoms with Crippen molar-refractivity contribution in [1.29, 1.82) is 0 Å². The number of β-amino-alcohol motifs (C(OH)–C–C–N with tert-alkyl or cyclic N) is 1. The molecular formula is C20H31N5O2. The van der Waals surface area contributed by atoms with Gasteiger partial charge in [-0.1, -0.05) is 20.8 Å². The summed E-state index contributed by atoms with van der Waals surface area (Å²) in [4.78, 5) is 2.39. The van der Waals surface area contributed by atoms with Crippen LogP contribution in [0.1, 0.15) is 63.9 Å². The van der Waals surface area contributed by atoms with Gasteiger partial charge in [-0.15, -0.1) is 10.2 Å². The molecule has 27 heavy (non-hydrogen) atoms. The van der Waals surface area contributed by atoms with Crippen molar-refractivity contribution in [3.8, 4) is 0 Å². The monoisotopic (exact) mass is 373 g/mol. The first-order valence-electron chi connectivity index (χ1n) is 10.1. The Morgan fingerprint density at radius 1 is 1.15 bits per heavy atom. The van der Waals surface area contributed by atoms with Crippen molar-refractivity contribution in [3.05, 3.63) is 23.7 Å². The zero-order valence-electron chi connectivity index (χ0n) is 16.7. The van der Waals surface area contributed by atoms with Crippen LogP contribution in [0.25, 0.3) is 5.65 Å². The summed E-state index contributed by atoms with van der Waals surface area (Å²) in [5.74, 6) is 1.34. The molecule has 0 unspecified atom stereocenters. The molecule has 0 atom stereocenters. The van der Waals surface area contributed by atoms with Crippen molar-refractivity contribution in [1.82, 2.24) is 24.7 Å². The van der Waals surface area contributed by atoms with Gasteiger partial charge in [-0.3, -0.25) is 0 Å².